The van der Waals surface area contributed by atoms with Gasteiger partial charge in [0.05, 0.1) is 17.0 Å². The van der Waals surface area contributed by atoms with Crippen molar-refractivity contribution in [3.63, 3.8) is 0 Å². The maximum absolute atomic E-state index is 12.2. The molecule has 0 unspecified atom stereocenters. The number of nitriles is 1. The molecule has 2 amide bonds. The Labute approximate surface area is 152 Å². The van der Waals surface area contributed by atoms with E-state index in [1.807, 2.05) is 0 Å². The molecule has 0 aliphatic carbocycles. The van der Waals surface area contributed by atoms with Crippen molar-refractivity contribution < 1.29 is 9.21 Å². The van der Waals surface area contributed by atoms with E-state index in [-0.39, 0.29) is 0 Å². The van der Waals surface area contributed by atoms with Gasteiger partial charge in [0.1, 0.15) is 11.4 Å². The van der Waals surface area contributed by atoms with Gasteiger partial charge in [-0.15, -0.1) is 0 Å². The minimum Gasteiger partial charge on any atom is -0.422 e. The second kappa shape index (κ2) is 6.61. The molecular weight excluding hydrogens is 344 g/mol. The first-order chi connectivity index (χ1) is 13.1. The van der Waals surface area contributed by atoms with Crippen LogP contribution in [-0.4, -0.2) is 11.0 Å². The summed E-state index contributed by atoms with van der Waals surface area (Å²) in [5.74, 6) is 0.422. The van der Waals surface area contributed by atoms with Crippen LogP contribution in [0.1, 0.15) is 5.56 Å². The Hall–Kier alpha value is -4.18. The van der Waals surface area contributed by atoms with Crippen LogP contribution >= 0.6 is 0 Å². The normalized spacial score (nSPS) is 10.5. The maximum atomic E-state index is 12.2. The molecule has 0 aliphatic heterocycles. The zero-order valence-electron chi connectivity index (χ0n) is 13.9. The summed E-state index contributed by atoms with van der Waals surface area (Å²) >= 11 is 0. The molecule has 0 atom stereocenters. The molecule has 4 aromatic rings. The van der Waals surface area contributed by atoms with Crippen LogP contribution in [0.3, 0.4) is 0 Å². The molecule has 2 aromatic carbocycles. The Bertz CT molecular complexity index is 1270. The van der Waals surface area contributed by atoms with Crippen molar-refractivity contribution in [1.29, 1.82) is 5.26 Å². The predicted molar refractivity (Wildman–Crippen MR) is 102 cm³/mol. The van der Waals surface area contributed by atoms with Gasteiger partial charge in [-0.25, -0.2) is 14.6 Å². The number of fused-ring (bicyclic) bond motifs is 3. The topological polar surface area (TPSA) is 108 Å². The van der Waals surface area contributed by atoms with Crippen molar-refractivity contribution in [2.75, 3.05) is 10.6 Å². The SMILES string of the molecule is N#Cc1ccc2c(=O)oc3ccc(NC(=O)Nc4ccccn4)cc3c2c1. The second-order valence-electron chi connectivity index (χ2n) is 5.77. The Kier molecular flexibility index (Phi) is 3.99. The second-order valence-corrected chi connectivity index (χ2v) is 5.77. The van der Waals surface area contributed by atoms with Crippen LogP contribution in [-0.2, 0) is 0 Å². The summed E-state index contributed by atoms with van der Waals surface area (Å²) in [5.41, 5.74) is 0.836. The van der Waals surface area contributed by atoms with E-state index in [1.54, 1.807) is 60.8 Å². The zero-order valence-corrected chi connectivity index (χ0v) is 13.9. The molecule has 0 saturated heterocycles. The van der Waals surface area contributed by atoms with Gasteiger partial charge >= 0.3 is 11.7 Å². The van der Waals surface area contributed by atoms with Crippen LogP contribution in [0, 0.1) is 11.3 Å². The fourth-order valence-electron chi connectivity index (χ4n) is 2.79. The maximum Gasteiger partial charge on any atom is 0.344 e. The number of hydrogen-bond donors (Lipinski definition) is 2. The van der Waals surface area contributed by atoms with Gasteiger partial charge in [0.25, 0.3) is 0 Å². The number of amides is 2. The van der Waals surface area contributed by atoms with Gasteiger partial charge in [-0.1, -0.05) is 6.07 Å². The van der Waals surface area contributed by atoms with Crippen molar-refractivity contribution in [2.45, 2.75) is 0 Å². The number of nitrogens with zero attached hydrogens (tertiary/aromatic N) is 2. The summed E-state index contributed by atoms with van der Waals surface area (Å²) in [4.78, 5) is 28.3. The number of benzene rings is 2. The van der Waals surface area contributed by atoms with Crippen LogP contribution in [0.4, 0.5) is 16.3 Å². The van der Waals surface area contributed by atoms with Crippen LogP contribution < -0.4 is 16.3 Å². The number of rotatable bonds is 2. The predicted octanol–water partition coefficient (Wildman–Crippen LogP) is 3.86. The fourth-order valence-corrected chi connectivity index (χ4v) is 2.79. The average molecular weight is 356 g/mol. The van der Waals surface area contributed by atoms with Gasteiger partial charge in [0.15, 0.2) is 0 Å². The summed E-state index contributed by atoms with van der Waals surface area (Å²) < 4.78 is 5.33. The van der Waals surface area contributed by atoms with Gasteiger partial charge in [0, 0.05) is 22.7 Å². The number of pyridine rings is 1. The van der Waals surface area contributed by atoms with E-state index in [2.05, 4.69) is 21.7 Å². The highest BCUT2D eigenvalue weighted by molar-refractivity contribution is 6.07. The van der Waals surface area contributed by atoms with Crippen LogP contribution in [0.5, 0.6) is 0 Å². The van der Waals surface area contributed by atoms with Crippen molar-refractivity contribution in [3.8, 4) is 6.07 Å². The molecule has 0 bridgehead atoms. The highest BCUT2D eigenvalue weighted by atomic mass is 16.4. The van der Waals surface area contributed by atoms with Crippen LogP contribution in [0.15, 0.2) is 70.0 Å². The van der Waals surface area contributed by atoms with E-state index < -0.39 is 11.7 Å². The lowest BCUT2D eigenvalue weighted by Crippen LogP contribution is -2.19. The third-order valence-electron chi connectivity index (χ3n) is 4.01. The minimum absolute atomic E-state index is 0.372. The number of urea groups is 1. The lowest BCUT2D eigenvalue weighted by Gasteiger charge is -2.09. The third kappa shape index (κ3) is 3.19. The Morgan fingerprint density at radius 1 is 1.00 bits per heavy atom. The number of anilines is 2. The fraction of sp³-hybridized carbons (Fsp3) is 0. The van der Waals surface area contributed by atoms with Gasteiger partial charge in [-0.3, -0.25) is 5.32 Å². The molecule has 7 heteroatoms. The molecule has 2 heterocycles. The van der Waals surface area contributed by atoms with E-state index in [0.29, 0.717) is 38.8 Å². The van der Waals surface area contributed by atoms with Gasteiger partial charge in [-0.2, -0.15) is 5.26 Å². The third-order valence-corrected chi connectivity index (χ3v) is 4.01. The summed E-state index contributed by atoms with van der Waals surface area (Å²) in [5, 5.41) is 16.1. The van der Waals surface area contributed by atoms with E-state index in [4.69, 9.17) is 9.68 Å². The Morgan fingerprint density at radius 3 is 2.67 bits per heavy atom. The Balaban J connectivity index is 1.74. The first-order valence-corrected chi connectivity index (χ1v) is 8.04. The van der Waals surface area contributed by atoms with Crippen molar-refractivity contribution in [1.82, 2.24) is 4.98 Å². The molecule has 0 radical (unpaired) electrons. The summed E-state index contributed by atoms with van der Waals surface area (Å²) in [6.07, 6.45) is 1.58. The van der Waals surface area contributed by atoms with E-state index in [9.17, 15) is 9.59 Å². The summed E-state index contributed by atoms with van der Waals surface area (Å²) in [7, 11) is 0. The standard InChI is InChI=1S/C20H12N4O3/c21-11-12-4-6-14-15(9-12)16-10-13(5-7-17(16)27-19(14)25)23-20(26)24-18-3-1-2-8-22-18/h1-10H,(H2,22,23,24,26). The van der Waals surface area contributed by atoms with E-state index >= 15 is 0 Å². The van der Waals surface area contributed by atoms with Crippen LogP contribution in [0.25, 0.3) is 21.7 Å². The summed E-state index contributed by atoms with van der Waals surface area (Å²) in [6, 6.07) is 16.5. The number of hydrogen-bond acceptors (Lipinski definition) is 5. The van der Waals surface area contributed by atoms with Crippen molar-refractivity contribution >= 4 is 39.3 Å². The van der Waals surface area contributed by atoms with Gasteiger partial charge in [-0.05, 0) is 48.5 Å². The van der Waals surface area contributed by atoms with Crippen molar-refractivity contribution in [2.24, 2.45) is 0 Å². The quantitative estimate of drug-likeness (QED) is 0.419. The molecule has 4 rings (SSSR count). The van der Waals surface area contributed by atoms with Gasteiger partial charge in [0.2, 0.25) is 0 Å². The molecule has 2 N–H and O–H groups in total. The molecule has 130 valence electrons. The largest absolute Gasteiger partial charge is 0.422 e. The number of aromatic nitrogens is 1. The van der Waals surface area contributed by atoms with E-state index in [0.717, 1.165) is 0 Å². The highest BCUT2D eigenvalue weighted by Gasteiger charge is 2.10. The molecule has 0 spiro atoms. The van der Waals surface area contributed by atoms with E-state index in [1.165, 1.54) is 0 Å². The molecule has 0 aliphatic rings. The average Bonchev–Trinajstić information content (AvgIpc) is 2.69. The van der Waals surface area contributed by atoms with Crippen molar-refractivity contribution in [3.05, 3.63) is 76.8 Å². The monoisotopic (exact) mass is 356 g/mol. The highest BCUT2D eigenvalue weighted by Crippen LogP contribution is 2.26. The van der Waals surface area contributed by atoms with Crippen LogP contribution in [0.2, 0.25) is 0 Å². The van der Waals surface area contributed by atoms with Gasteiger partial charge < -0.3 is 9.73 Å². The molecule has 7 nitrogen and oxygen atoms in total. The lowest BCUT2D eigenvalue weighted by atomic mass is 10.0. The number of carbonyl (C=O) groups is 1. The first-order valence-electron chi connectivity index (χ1n) is 8.04. The smallest absolute Gasteiger partial charge is 0.344 e. The lowest BCUT2D eigenvalue weighted by molar-refractivity contribution is 0.262. The number of nitrogens with one attached hydrogen (secondary N) is 2. The molecule has 0 saturated carbocycles. The zero-order chi connectivity index (χ0) is 18.8. The Morgan fingerprint density at radius 2 is 1.89 bits per heavy atom. The molecular formula is C20H12N4O3. The molecule has 2 aromatic heterocycles. The molecule has 27 heavy (non-hydrogen) atoms. The minimum atomic E-state index is -0.476. The summed E-state index contributed by atoms with van der Waals surface area (Å²) in [6.45, 7) is 0. The molecule has 0 fully saturated rings. The number of carbonyl (C=O) groups excluding carboxylic acids is 1. The first kappa shape index (κ1) is 16.3.